The highest BCUT2D eigenvalue weighted by molar-refractivity contribution is 5.78. The second-order valence-corrected chi connectivity index (χ2v) is 8.72. The number of carbonyl (C=O) groups is 1. The van der Waals surface area contributed by atoms with Crippen LogP contribution in [0.2, 0.25) is 0 Å². The molecule has 5 heteroatoms. The molecule has 2 bridgehead atoms. The van der Waals surface area contributed by atoms with Crippen molar-refractivity contribution in [2.75, 3.05) is 19.6 Å². The summed E-state index contributed by atoms with van der Waals surface area (Å²) in [6, 6.07) is 4.26. The van der Waals surface area contributed by atoms with Gasteiger partial charge in [0, 0.05) is 25.2 Å². The van der Waals surface area contributed by atoms with E-state index >= 15 is 0 Å². The molecule has 0 aromatic carbocycles. The predicted molar refractivity (Wildman–Crippen MR) is 94.9 cm³/mol. The number of furan rings is 1. The van der Waals surface area contributed by atoms with Crippen LogP contribution in [0, 0.1) is 11.8 Å². The highest BCUT2D eigenvalue weighted by Crippen LogP contribution is 2.45. The molecule has 138 valence electrons. The zero-order valence-corrected chi connectivity index (χ0v) is 15.4. The Morgan fingerprint density at radius 2 is 1.88 bits per heavy atom. The second kappa shape index (κ2) is 6.44. The SMILES string of the molecule is C[C@@H]1C[C@H](C)CN(C(=O)CN2[C@H]3CC[C@H]2CC(O)(c2ccco2)C3)C1. The molecular weight excluding hydrogens is 316 g/mol. The standard InChI is InChI=1S/C20H30N2O3/c1-14-8-15(2)12-21(11-14)19(23)13-22-16-5-6-17(22)10-20(24,9-16)18-4-3-7-25-18/h3-4,7,14-17,24H,5-6,8-13H2,1-2H3/t14-,15+,16-,17-/m0/s1. The van der Waals surface area contributed by atoms with Crippen molar-refractivity contribution in [3.8, 4) is 0 Å². The average molecular weight is 346 g/mol. The number of fused-ring (bicyclic) bond motifs is 2. The molecule has 3 fully saturated rings. The molecule has 3 saturated heterocycles. The van der Waals surface area contributed by atoms with Gasteiger partial charge in [-0.1, -0.05) is 13.8 Å². The molecule has 3 aliphatic rings. The lowest BCUT2D eigenvalue weighted by Gasteiger charge is -2.43. The maximum atomic E-state index is 12.9. The van der Waals surface area contributed by atoms with E-state index in [0.29, 0.717) is 37.0 Å². The van der Waals surface area contributed by atoms with Crippen LogP contribution in [-0.4, -0.2) is 52.5 Å². The summed E-state index contributed by atoms with van der Waals surface area (Å²) in [4.78, 5) is 17.3. The van der Waals surface area contributed by atoms with Crippen LogP contribution in [0.15, 0.2) is 22.8 Å². The van der Waals surface area contributed by atoms with E-state index in [4.69, 9.17) is 4.42 Å². The van der Waals surface area contributed by atoms with Gasteiger partial charge in [0.15, 0.2) is 0 Å². The van der Waals surface area contributed by atoms with Gasteiger partial charge in [-0.3, -0.25) is 9.69 Å². The Balaban J connectivity index is 1.42. The summed E-state index contributed by atoms with van der Waals surface area (Å²) in [6.07, 6.45) is 6.30. The highest BCUT2D eigenvalue weighted by atomic mass is 16.4. The van der Waals surface area contributed by atoms with E-state index in [9.17, 15) is 9.90 Å². The average Bonchev–Trinajstić information content (AvgIpc) is 3.16. The molecular formula is C20H30N2O3. The lowest BCUT2D eigenvalue weighted by atomic mass is 9.84. The van der Waals surface area contributed by atoms with Crippen molar-refractivity contribution >= 4 is 5.91 Å². The van der Waals surface area contributed by atoms with Crippen LogP contribution in [0.1, 0.15) is 51.7 Å². The number of amides is 1. The summed E-state index contributed by atoms with van der Waals surface area (Å²) >= 11 is 0. The quantitative estimate of drug-likeness (QED) is 0.914. The van der Waals surface area contributed by atoms with E-state index in [0.717, 1.165) is 25.9 Å². The molecule has 1 aromatic heterocycles. The predicted octanol–water partition coefficient (Wildman–Crippen LogP) is 2.60. The van der Waals surface area contributed by atoms with Crippen molar-refractivity contribution in [3.63, 3.8) is 0 Å². The van der Waals surface area contributed by atoms with Crippen molar-refractivity contribution in [3.05, 3.63) is 24.2 Å². The zero-order valence-electron chi connectivity index (χ0n) is 15.4. The molecule has 0 aliphatic carbocycles. The van der Waals surface area contributed by atoms with Crippen molar-refractivity contribution in [2.45, 2.75) is 63.6 Å². The number of rotatable bonds is 3. The van der Waals surface area contributed by atoms with Gasteiger partial charge in [-0.05, 0) is 56.1 Å². The van der Waals surface area contributed by atoms with E-state index in [1.54, 1.807) is 6.26 Å². The fourth-order valence-electron chi connectivity index (χ4n) is 5.44. The molecule has 1 amide bonds. The molecule has 4 heterocycles. The van der Waals surface area contributed by atoms with Gasteiger partial charge in [0.1, 0.15) is 11.4 Å². The van der Waals surface area contributed by atoms with Gasteiger partial charge in [-0.25, -0.2) is 0 Å². The minimum Gasteiger partial charge on any atom is -0.466 e. The van der Waals surface area contributed by atoms with Gasteiger partial charge < -0.3 is 14.4 Å². The Labute approximate surface area is 150 Å². The third kappa shape index (κ3) is 3.24. The smallest absolute Gasteiger partial charge is 0.236 e. The van der Waals surface area contributed by atoms with Gasteiger partial charge >= 0.3 is 0 Å². The van der Waals surface area contributed by atoms with Crippen LogP contribution in [0.3, 0.4) is 0 Å². The van der Waals surface area contributed by atoms with Crippen LogP contribution >= 0.6 is 0 Å². The molecule has 1 aromatic rings. The van der Waals surface area contributed by atoms with Crippen LogP contribution in [0.4, 0.5) is 0 Å². The Kier molecular flexibility index (Phi) is 4.40. The molecule has 0 unspecified atom stereocenters. The van der Waals surface area contributed by atoms with Gasteiger partial charge in [-0.15, -0.1) is 0 Å². The highest BCUT2D eigenvalue weighted by Gasteiger charge is 2.50. The summed E-state index contributed by atoms with van der Waals surface area (Å²) in [5.74, 6) is 2.12. The Hall–Kier alpha value is -1.33. The third-order valence-electron chi connectivity index (χ3n) is 6.44. The first-order chi connectivity index (χ1) is 11.9. The number of likely N-dealkylation sites (tertiary alicyclic amines) is 1. The molecule has 1 N–H and O–H groups in total. The minimum atomic E-state index is -0.872. The van der Waals surface area contributed by atoms with Gasteiger partial charge in [0.2, 0.25) is 5.91 Å². The summed E-state index contributed by atoms with van der Waals surface area (Å²) < 4.78 is 5.49. The molecule has 4 rings (SSSR count). The number of carbonyl (C=O) groups excluding carboxylic acids is 1. The first kappa shape index (κ1) is 17.1. The normalized spacial score (nSPS) is 38.9. The molecule has 25 heavy (non-hydrogen) atoms. The van der Waals surface area contributed by atoms with Crippen molar-refractivity contribution < 1.29 is 14.3 Å². The van der Waals surface area contributed by atoms with E-state index in [-0.39, 0.29) is 18.0 Å². The van der Waals surface area contributed by atoms with E-state index in [1.807, 2.05) is 12.1 Å². The number of piperidine rings is 2. The molecule has 5 nitrogen and oxygen atoms in total. The molecule has 0 spiro atoms. The van der Waals surface area contributed by atoms with Crippen molar-refractivity contribution in [1.82, 2.24) is 9.80 Å². The van der Waals surface area contributed by atoms with Crippen molar-refractivity contribution in [1.29, 1.82) is 0 Å². The van der Waals surface area contributed by atoms with Crippen LogP contribution in [0.5, 0.6) is 0 Å². The first-order valence-corrected chi connectivity index (χ1v) is 9.74. The van der Waals surface area contributed by atoms with Gasteiger partial charge in [-0.2, -0.15) is 0 Å². The second-order valence-electron chi connectivity index (χ2n) is 8.72. The zero-order chi connectivity index (χ0) is 17.6. The molecule has 3 aliphatic heterocycles. The largest absolute Gasteiger partial charge is 0.466 e. The lowest BCUT2D eigenvalue weighted by Crippen LogP contribution is -2.54. The number of nitrogens with zero attached hydrogens (tertiary/aromatic N) is 2. The van der Waals surface area contributed by atoms with E-state index in [1.165, 1.54) is 6.42 Å². The van der Waals surface area contributed by atoms with E-state index < -0.39 is 5.60 Å². The third-order valence-corrected chi connectivity index (χ3v) is 6.44. The Bertz CT molecular complexity index is 590. The summed E-state index contributed by atoms with van der Waals surface area (Å²) in [5, 5.41) is 11.1. The van der Waals surface area contributed by atoms with Crippen LogP contribution in [0.25, 0.3) is 0 Å². The lowest BCUT2D eigenvalue weighted by molar-refractivity contribution is -0.139. The number of hydrogen-bond acceptors (Lipinski definition) is 4. The minimum absolute atomic E-state index is 0.263. The van der Waals surface area contributed by atoms with E-state index in [2.05, 4.69) is 23.6 Å². The summed E-state index contributed by atoms with van der Waals surface area (Å²) in [6.45, 7) is 6.77. The summed E-state index contributed by atoms with van der Waals surface area (Å²) in [7, 11) is 0. The Morgan fingerprint density at radius 3 is 2.44 bits per heavy atom. The summed E-state index contributed by atoms with van der Waals surface area (Å²) in [5.41, 5.74) is -0.872. The maximum Gasteiger partial charge on any atom is 0.236 e. The van der Waals surface area contributed by atoms with Crippen molar-refractivity contribution in [2.24, 2.45) is 11.8 Å². The van der Waals surface area contributed by atoms with Gasteiger partial charge in [0.25, 0.3) is 0 Å². The molecule has 4 atom stereocenters. The van der Waals surface area contributed by atoms with Crippen LogP contribution < -0.4 is 0 Å². The number of hydrogen-bond donors (Lipinski definition) is 1. The number of aliphatic hydroxyl groups is 1. The fourth-order valence-corrected chi connectivity index (χ4v) is 5.44. The monoisotopic (exact) mass is 346 g/mol. The van der Waals surface area contributed by atoms with Crippen LogP contribution in [-0.2, 0) is 10.4 Å². The molecule has 0 saturated carbocycles. The van der Waals surface area contributed by atoms with Gasteiger partial charge in [0.05, 0.1) is 12.8 Å². The first-order valence-electron chi connectivity index (χ1n) is 9.74. The topological polar surface area (TPSA) is 56.9 Å². The maximum absolute atomic E-state index is 12.9. The fraction of sp³-hybridized carbons (Fsp3) is 0.750. The molecule has 0 radical (unpaired) electrons. The Morgan fingerprint density at radius 1 is 1.24 bits per heavy atom.